The zero-order valence-corrected chi connectivity index (χ0v) is 8.31. The molecule has 1 fully saturated rings. The molecule has 2 rings (SSSR count). The highest BCUT2D eigenvalue weighted by Crippen LogP contribution is 2.09. The largest absolute Gasteiger partial charge is 0.353 e. The Morgan fingerprint density at radius 3 is 2.93 bits per heavy atom. The van der Waals surface area contributed by atoms with Gasteiger partial charge in [0.05, 0.1) is 12.2 Å². The van der Waals surface area contributed by atoms with E-state index in [1.807, 2.05) is 17.0 Å². The minimum absolute atomic E-state index is 0.0194. The Hall–Kier alpha value is -1.69. The number of nitrogens with two attached hydrogens (primary N) is 1. The third-order valence-corrected chi connectivity index (χ3v) is 2.28. The van der Waals surface area contributed by atoms with Crippen molar-refractivity contribution < 1.29 is 4.79 Å². The predicted octanol–water partition coefficient (Wildman–Crippen LogP) is -1.13. The summed E-state index contributed by atoms with van der Waals surface area (Å²) in [5.74, 6) is 0.744. The van der Waals surface area contributed by atoms with Crippen LogP contribution >= 0.6 is 0 Å². The molecule has 1 saturated heterocycles. The van der Waals surface area contributed by atoms with Crippen molar-refractivity contribution in [3.05, 3.63) is 17.8 Å². The number of anilines is 1. The van der Waals surface area contributed by atoms with Crippen LogP contribution in [0.15, 0.2) is 12.1 Å². The summed E-state index contributed by atoms with van der Waals surface area (Å²) in [6.45, 7) is 2.14. The van der Waals surface area contributed by atoms with Crippen LogP contribution in [0.1, 0.15) is 5.69 Å². The van der Waals surface area contributed by atoms with Gasteiger partial charge in [0.25, 0.3) is 0 Å². The molecule has 6 heteroatoms. The van der Waals surface area contributed by atoms with Gasteiger partial charge in [0.1, 0.15) is 0 Å². The van der Waals surface area contributed by atoms with Crippen LogP contribution in [0, 0.1) is 0 Å². The molecule has 1 aliphatic rings. The molecule has 0 saturated carbocycles. The smallest absolute Gasteiger partial charge is 0.239 e. The van der Waals surface area contributed by atoms with Crippen LogP contribution < -0.4 is 16.0 Å². The van der Waals surface area contributed by atoms with Crippen LogP contribution in [-0.2, 0) is 11.3 Å². The zero-order chi connectivity index (χ0) is 10.7. The number of piperazine rings is 1. The normalized spacial score (nSPS) is 16.3. The fourth-order valence-corrected chi connectivity index (χ4v) is 1.46. The molecule has 1 aromatic heterocycles. The predicted molar refractivity (Wildman–Crippen MR) is 55.1 cm³/mol. The number of carbonyl (C=O) groups excluding carboxylic acids is 1. The van der Waals surface area contributed by atoms with Gasteiger partial charge in [-0.2, -0.15) is 5.10 Å². The summed E-state index contributed by atoms with van der Waals surface area (Å²) < 4.78 is 0. The molecule has 1 aromatic rings. The lowest BCUT2D eigenvalue weighted by Gasteiger charge is -2.27. The average molecular weight is 207 g/mol. The molecule has 0 unspecified atom stereocenters. The second kappa shape index (κ2) is 4.22. The van der Waals surface area contributed by atoms with Crippen LogP contribution in [0.5, 0.6) is 0 Å². The van der Waals surface area contributed by atoms with Crippen molar-refractivity contribution in [2.75, 3.05) is 24.5 Å². The van der Waals surface area contributed by atoms with Gasteiger partial charge in [0.2, 0.25) is 5.91 Å². The first-order valence-corrected chi connectivity index (χ1v) is 4.84. The van der Waals surface area contributed by atoms with E-state index in [9.17, 15) is 4.79 Å². The summed E-state index contributed by atoms with van der Waals surface area (Å²) in [5.41, 5.74) is 6.17. The molecule has 0 atom stereocenters. The first-order chi connectivity index (χ1) is 7.29. The second-order valence-corrected chi connectivity index (χ2v) is 3.36. The van der Waals surface area contributed by atoms with Crippen molar-refractivity contribution in [2.45, 2.75) is 6.54 Å². The molecular weight excluding hydrogens is 194 g/mol. The molecule has 2 heterocycles. The van der Waals surface area contributed by atoms with E-state index in [-0.39, 0.29) is 5.91 Å². The van der Waals surface area contributed by atoms with Crippen LogP contribution in [0.2, 0.25) is 0 Å². The van der Waals surface area contributed by atoms with Gasteiger partial charge in [-0.05, 0) is 12.1 Å². The number of aromatic nitrogens is 2. The van der Waals surface area contributed by atoms with Crippen molar-refractivity contribution >= 4 is 11.7 Å². The Morgan fingerprint density at radius 2 is 2.33 bits per heavy atom. The molecule has 1 aliphatic heterocycles. The minimum Gasteiger partial charge on any atom is -0.353 e. The summed E-state index contributed by atoms with van der Waals surface area (Å²) >= 11 is 0. The second-order valence-electron chi connectivity index (χ2n) is 3.36. The molecule has 0 aromatic carbocycles. The van der Waals surface area contributed by atoms with E-state index >= 15 is 0 Å². The molecule has 0 spiro atoms. The molecule has 80 valence electrons. The van der Waals surface area contributed by atoms with Crippen LogP contribution in [0.4, 0.5) is 5.82 Å². The fourth-order valence-electron chi connectivity index (χ4n) is 1.46. The van der Waals surface area contributed by atoms with Gasteiger partial charge in [-0.1, -0.05) is 0 Å². The van der Waals surface area contributed by atoms with Gasteiger partial charge in [0, 0.05) is 19.6 Å². The lowest BCUT2D eigenvalue weighted by Crippen LogP contribution is -2.48. The first kappa shape index (κ1) is 9.85. The zero-order valence-electron chi connectivity index (χ0n) is 8.31. The third-order valence-electron chi connectivity index (χ3n) is 2.28. The number of nitrogens with zero attached hydrogens (tertiary/aromatic N) is 3. The maximum atomic E-state index is 11.1. The van der Waals surface area contributed by atoms with Crippen LogP contribution in [-0.4, -0.2) is 35.7 Å². The van der Waals surface area contributed by atoms with Crippen molar-refractivity contribution in [3.8, 4) is 0 Å². The molecule has 6 nitrogen and oxygen atoms in total. The van der Waals surface area contributed by atoms with Gasteiger partial charge in [-0.25, -0.2) is 0 Å². The molecule has 0 aliphatic carbocycles. The van der Waals surface area contributed by atoms with Crippen LogP contribution in [0.25, 0.3) is 0 Å². The number of hydrogen-bond acceptors (Lipinski definition) is 5. The topological polar surface area (TPSA) is 84.1 Å². The Balaban J connectivity index is 2.11. The lowest BCUT2D eigenvalue weighted by atomic mass is 10.3. The van der Waals surface area contributed by atoms with Crippen molar-refractivity contribution in [2.24, 2.45) is 5.73 Å². The molecule has 3 N–H and O–H groups in total. The summed E-state index contributed by atoms with van der Waals surface area (Å²) in [7, 11) is 0. The number of nitrogens with one attached hydrogen (secondary N) is 1. The maximum Gasteiger partial charge on any atom is 0.239 e. The van der Waals surface area contributed by atoms with Crippen molar-refractivity contribution in [3.63, 3.8) is 0 Å². The summed E-state index contributed by atoms with van der Waals surface area (Å²) in [5, 5.41) is 10.7. The molecular formula is C9H13N5O. The van der Waals surface area contributed by atoms with E-state index in [1.54, 1.807) is 0 Å². The highest BCUT2D eigenvalue weighted by atomic mass is 16.2. The van der Waals surface area contributed by atoms with Crippen LogP contribution in [0.3, 0.4) is 0 Å². The Bertz CT molecular complexity index is 350. The monoisotopic (exact) mass is 207 g/mol. The van der Waals surface area contributed by atoms with E-state index in [2.05, 4.69) is 15.5 Å². The lowest BCUT2D eigenvalue weighted by molar-refractivity contribution is -0.120. The summed E-state index contributed by atoms with van der Waals surface area (Å²) in [4.78, 5) is 13.0. The van der Waals surface area contributed by atoms with E-state index in [4.69, 9.17) is 5.73 Å². The maximum absolute atomic E-state index is 11.1. The number of amides is 1. The number of rotatable bonds is 2. The summed E-state index contributed by atoms with van der Waals surface area (Å²) in [6.07, 6.45) is 0. The molecule has 0 bridgehead atoms. The standard InChI is InChI=1S/C9H13N5O/c10-5-7-1-2-8(13-12-7)14-4-3-11-9(15)6-14/h1-2H,3-6,10H2,(H,11,15). The Kier molecular flexibility index (Phi) is 2.77. The van der Waals surface area contributed by atoms with E-state index in [1.165, 1.54) is 0 Å². The quantitative estimate of drug-likeness (QED) is 0.641. The van der Waals surface area contributed by atoms with Gasteiger partial charge < -0.3 is 16.0 Å². The van der Waals surface area contributed by atoms with E-state index < -0.39 is 0 Å². The Labute approximate surface area is 87.5 Å². The van der Waals surface area contributed by atoms with Gasteiger partial charge >= 0.3 is 0 Å². The van der Waals surface area contributed by atoms with Crippen molar-refractivity contribution in [1.29, 1.82) is 0 Å². The SMILES string of the molecule is NCc1ccc(N2CCNC(=O)C2)nn1. The van der Waals surface area contributed by atoms with Crippen molar-refractivity contribution in [1.82, 2.24) is 15.5 Å². The highest BCUT2D eigenvalue weighted by Gasteiger charge is 2.17. The van der Waals surface area contributed by atoms with E-state index in [0.717, 1.165) is 18.1 Å². The minimum atomic E-state index is 0.0194. The average Bonchev–Trinajstić information content (AvgIpc) is 2.29. The third kappa shape index (κ3) is 2.21. The Morgan fingerprint density at radius 1 is 1.47 bits per heavy atom. The van der Waals surface area contributed by atoms with Gasteiger partial charge in [-0.3, -0.25) is 4.79 Å². The van der Waals surface area contributed by atoms with Gasteiger partial charge in [-0.15, -0.1) is 5.10 Å². The first-order valence-electron chi connectivity index (χ1n) is 4.84. The highest BCUT2D eigenvalue weighted by molar-refractivity contribution is 5.82. The summed E-state index contributed by atoms with van der Waals surface area (Å²) in [6, 6.07) is 3.67. The number of hydrogen-bond donors (Lipinski definition) is 2. The fraction of sp³-hybridized carbons (Fsp3) is 0.444. The molecule has 15 heavy (non-hydrogen) atoms. The van der Waals surface area contributed by atoms with Gasteiger partial charge in [0.15, 0.2) is 5.82 Å². The number of carbonyl (C=O) groups is 1. The molecule has 0 radical (unpaired) electrons. The molecule has 1 amide bonds. The van der Waals surface area contributed by atoms with E-state index in [0.29, 0.717) is 19.6 Å².